The second-order valence-electron chi connectivity index (χ2n) is 2.98. The van der Waals surface area contributed by atoms with Crippen molar-refractivity contribution in [1.29, 1.82) is 0 Å². The molecule has 1 aliphatic heterocycles. The molecule has 2 rings (SSSR count). The van der Waals surface area contributed by atoms with Crippen molar-refractivity contribution < 1.29 is 4.79 Å². The quantitative estimate of drug-likeness (QED) is 0.511. The number of rotatable bonds is 2. The average Bonchev–Trinajstić information content (AvgIpc) is 3.03. The summed E-state index contributed by atoms with van der Waals surface area (Å²) in [5.74, 6) is 0.898. The van der Waals surface area contributed by atoms with E-state index in [9.17, 15) is 4.79 Å². The minimum Gasteiger partial charge on any atom is -0.364 e. The van der Waals surface area contributed by atoms with E-state index in [2.05, 4.69) is 16.9 Å². The summed E-state index contributed by atoms with van der Waals surface area (Å²) in [6, 6.07) is 0. The average molecular weight is 178 g/mol. The van der Waals surface area contributed by atoms with Gasteiger partial charge in [0.25, 0.3) is 0 Å². The molecular weight excluding hydrogens is 164 g/mol. The molecule has 70 valence electrons. The predicted octanol–water partition coefficient (Wildman–Crippen LogP) is 1.28. The van der Waals surface area contributed by atoms with E-state index in [0.29, 0.717) is 12.4 Å². The van der Waals surface area contributed by atoms with E-state index in [1.165, 1.54) is 12.8 Å². The van der Waals surface area contributed by atoms with Gasteiger partial charge in [-0.3, -0.25) is 9.79 Å². The van der Waals surface area contributed by atoms with Gasteiger partial charge in [0, 0.05) is 6.21 Å². The van der Waals surface area contributed by atoms with E-state index < -0.39 is 0 Å². The van der Waals surface area contributed by atoms with E-state index in [1.807, 2.05) is 6.08 Å². The summed E-state index contributed by atoms with van der Waals surface area (Å²) in [4.78, 5) is 13.8. The number of hydrogen-bond acceptors (Lipinski definition) is 3. The maximum atomic E-state index is 9.97. The monoisotopic (exact) mass is 178 g/mol. The highest BCUT2D eigenvalue weighted by atomic mass is 16.1. The number of aldehydes is 1. The fourth-order valence-electron chi connectivity index (χ4n) is 0.794. The molecule has 0 aromatic carbocycles. The molecule has 1 fully saturated rings. The van der Waals surface area contributed by atoms with Gasteiger partial charge in [0.15, 0.2) is 6.29 Å². The molecule has 0 amide bonds. The highest BCUT2D eigenvalue weighted by molar-refractivity contribution is 5.84. The van der Waals surface area contributed by atoms with Gasteiger partial charge in [-0.25, -0.2) is 0 Å². The van der Waals surface area contributed by atoms with Crippen LogP contribution in [-0.4, -0.2) is 19.2 Å². The Bertz CT molecular complexity index is 239. The largest absolute Gasteiger partial charge is 0.364 e. The van der Waals surface area contributed by atoms with Crippen molar-refractivity contribution in [3.05, 3.63) is 24.4 Å². The summed E-state index contributed by atoms with van der Waals surface area (Å²) in [7, 11) is 0. The lowest BCUT2D eigenvalue weighted by Gasteiger charge is -2.02. The molecule has 1 heterocycles. The number of carbonyl (C=O) groups excluding carboxylic acids is 1. The molecule has 3 heteroatoms. The van der Waals surface area contributed by atoms with Crippen molar-refractivity contribution in [3.63, 3.8) is 0 Å². The third-order valence-electron chi connectivity index (χ3n) is 1.82. The van der Waals surface area contributed by atoms with E-state index in [0.717, 1.165) is 12.2 Å². The van der Waals surface area contributed by atoms with Crippen molar-refractivity contribution in [2.75, 3.05) is 6.67 Å². The summed E-state index contributed by atoms with van der Waals surface area (Å²) >= 11 is 0. The molecule has 1 N–H and O–H groups in total. The van der Waals surface area contributed by atoms with E-state index >= 15 is 0 Å². The number of hydrogen-bond donors (Lipinski definition) is 1. The Labute approximate surface area is 78.2 Å². The van der Waals surface area contributed by atoms with Crippen molar-refractivity contribution >= 4 is 12.5 Å². The Morgan fingerprint density at radius 2 is 2.38 bits per heavy atom. The Kier molecular flexibility index (Phi) is 3.96. The van der Waals surface area contributed by atoms with Gasteiger partial charge in [0.05, 0.1) is 5.70 Å². The second-order valence-corrected chi connectivity index (χ2v) is 2.98. The van der Waals surface area contributed by atoms with Gasteiger partial charge in [-0.2, -0.15) is 0 Å². The molecule has 0 bridgehead atoms. The van der Waals surface area contributed by atoms with Crippen molar-refractivity contribution in [2.45, 2.75) is 12.8 Å². The van der Waals surface area contributed by atoms with Crippen LogP contribution in [0, 0.1) is 5.92 Å². The van der Waals surface area contributed by atoms with E-state index in [4.69, 9.17) is 0 Å². The molecule has 0 radical (unpaired) electrons. The highest BCUT2D eigenvalue weighted by Gasteiger charge is 2.15. The summed E-state index contributed by atoms with van der Waals surface area (Å²) in [5.41, 5.74) is 0.597. The van der Waals surface area contributed by atoms with Gasteiger partial charge in [-0.05, 0) is 24.8 Å². The molecule has 0 aromatic heterocycles. The fourth-order valence-corrected chi connectivity index (χ4v) is 0.794. The first-order valence-electron chi connectivity index (χ1n) is 4.38. The van der Waals surface area contributed by atoms with Crippen LogP contribution in [0.2, 0.25) is 0 Å². The molecule has 2 aliphatic rings. The predicted molar refractivity (Wildman–Crippen MR) is 53.6 cm³/mol. The van der Waals surface area contributed by atoms with Crippen LogP contribution in [0.1, 0.15) is 12.8 Å². The normalized spacial score (nSPS) is 18.9. The number of carbonyl (C=O) groups is 1. The number of nitrogens with one attached hydrogen (secondary N) is 1. The van der Waals surface area contributed by atoms with Crippen LogP contribution in [0.3, 0.4) is 0 Å². The van der Waals surface area contributed by atoms with Crippen LogP contribution >= 0.6 is 0 Å². The van der Waals surface area contributed by atoms with Crippen LogP contribution in [-0.2, 0) is 4.79 Å². The van der Waals surface area contributed by atoms with Crippen LogP contribution in [0.5, 0.6) is 0 Å². The Morgan fingerprint density at radius 1 is 1.62 bits per heavy atom. The van der Waals surface area contributed by atoms with E-state index in [-0.39, 0.29) is 0 Å². The topological polar surface area (TPSA) is 41.5 Å². The molecule has 0 atom stereocenters. The first-order valence-corrected chi connectivity index (χ1v) is 4.38. The maximum absolute atomic E-state index is 9.97. The molecule has 0 aromatic rings. The molecule has 3 nitrogen and oxygen atoms in total. The van der Waals surface area contributed by atoms with Crippen LogP contribution in [0.15, 0.2) is 29.4 Å². The summed E-state index contributed by atoms with van der Waals surface area (Å²) < 4.78 is 0. The lowest BCUT2D eigenvalue weighted by atomic mass is 10.4. The Morgan fingerprint density at radius 3 is 2.62 bits per heavy atom. The van der Waals surface area contributed by atoms with Crippen molar-refractivity contribution in [2.24, 2.45) is 10.9 Å². The van der Waals surface area contributed by atoms with Crippen molar-refractivity contribution in [1.82, 2.24) is 5.32 Å². The third kappa shape index (κ3) is 4.25. The number of aliphatic imine (C=N–C) groups is 1. The minimum absolute atomic E-state index is 0.518. The first kappa shape index (κ1) is 9.71. The maximum Gasteiger partial charge on any atom is 0.166 e. The highest BCUT2D eigenvalue weighted by Crippen LogP contribution is 2.28. The zero-order valence-corrected chi connectivity index (χ0v) is 7.57. The molecule has 0 saturated heterocycles. The molecule has 0 spiro atoms. The van der Waals surface area contributed by atoms with Crippen LogP contribution in [0.25, 0.3) is 0 Å². The molecule has 1 saturated carbocycles. The number of allylic oxidation sites excluding steroid dienone is 3. The van der Waals surface area contributed by atoms with Gasteiger partial charge in [0.1, 0.15) is 6.67 Å². The van der Waals surface area contributed by atoms with Gasteiger partial charge >= 0.3 is 0 Å². The molecule has 1 aliphatic carbocycles. The first-order chi connectivity index (χ1) is 6.36. The standard InChI is InChI=1S/C5H6N2O.C5H8/c8-3-5-1-2-6-4-7-5;1-2-5-3-4-5/h1-3,7H,4H2;2,5H,1,3-4H2. The lowest BCUT2D eigenvalue weighted by molar-refractivity contribution is -0.105. The number of nitrogens with zero attached hydrogens (tertiary/aromatic N) is 1. The van der Waals surface area contributed by atoms with E-state index in [1.54, 1.807) is 12.3 Å². The smallest absolute Gasteiger partial charge is 0.166 e. The lowest BCUT2D eigenvalue weighted by Crippen LogP contribution is -2.17. The zero-order chi connectivity index (χ0) is 9.52. The van der Waals surface area contributed by atoms with Crippen LogP contribution in [0.4, 0.5) is 0 Å². The second kappa shape index (κ2) is 5.30. The molecular formula is C10H14N2O. The summed E-state index contributed by atoms with van der Waals surface area (Å²) in [5, 5.41) is 2.76. The van der Waals surface area contributed by atoms with Gasteiger partial charge in [0.2, 0.25) is 0 Å². The van der Waals surface area contributed by atoms with Crippen LogP contribution < -0.4 is 5.32 Å². The SMILES string of the molecule is C=CC1CC1.O=CC1=CC=NCN1. The Hall–Kier alpha value is -1.38. The minimum atomic E-state index is 0.518. The zero-order valence-electron chi connectivity index (χ0n) is 7.57. The molecule has 0 unspecified atom stereocenters. The fraction of sp³-hybridized carbons (Fsp3) is 0.400. The van der Waals surface area contributed by atoms with Gasteiger partial charge < -0.3 is 5.32 Å². The third-order valence-corrected chi connectivity index (χ3v) is 1.82. The van der Waals surface area contributed by atoms with Gasteiger partial charge in [-0.15, -0.1) is 6.58 Å². The van der Waals surface area contributed by atoms with Crippen molar-refractivity contribution in [3.8, 4) is 0 Å². The summed E-state index contributed by atoms with van der Waals surface area (Å²) in [6.45, 7) is 4.14. The summed E-state index contributed by atoms with van der Waals surface area (Å²) in [6.07, 6.45) is 8.83. The Balaban J connectivity index is 0.000000145. The molecule has 13 heavy (non-hydrogen) atoms. The van der Waals surface area contributed by atoms with Gasteiger partial charge in [-0.1, -0.05) is 6.08 Å².